The van der Waals surface area contributed by atoms with Crippen LogP contribution in [0.2, 0.25) is 0 Å². The molecule has 4 nitrogen and oxygen atoms in total. The summed E-state index contributed by atoms with van der Waals surface area (Å²) in [5, 5.41) is 0. The third-order valence-corrected chi connectivity index (χ3v) is 7.04. The molecule has 0 unspecified atom stereocenters. The predicted octanol–water partition coefficient (Wildman–Crippen LogP) is 4.19. The molecule has 1 saturated heterocycles. The molecule has 0 N–H and O–H groups in total. The fourth-order valence-electron chi connectivity index (χ4n) is 3.84. The Morgan fingerprint density at radius 2 is 1.74 bits per heavy atom. The number of aryl methyl sites for hydroxylation is 1. The molecule has 27 heavy (non-hydrogen) atoms. The maximum Gasteiger partial charge on any atom is 0.416 e. The van der Waals surface area contributed by atoms with Crippen LogP contribution < -0.4 is 9.21 Å². The molecule has 0 saturated carbocycles. The third kappa shape index (κ3) is 3.05. The molecular weight excluding hydrogens is 377 g/mol. The average molecular weight is 396 g/mol. The van der Waals surface area contributed by atoms with Crippen molar-refractivity contribution < 1.29 is 21.6 Å². The molecule has 0 spiro atoms. The van der Waals surface area contributed by atoms with Crippen molar-refractivity contribution >= 4 is 21.4 Å². The van der Waals surface area contributed by atoms with Gasteiger partial charge in [-0.3, -0.25) is 4.31 Å². The molecule has 0 aromatic heterocycles. The van der Waals surface area contributed by atoms with Gasteiger partial charge < -0.3 is 4.90 Å². The van der Waals surface area contributed by atoms with Crippen LogP contribution in [-0.2, 0) is 16.2 Å². The lowest BCUT2D eigenvalue weighted by atomic mass is 10.1. The van der Waals surface area contributed by atoms with Gasteiger partial charge in [0, 0.05) is 12.6 Å². The summed E-state index contributed by atoms with van der Waals surface area (Å²) < 4.78 is 67.3. The minimum atomic E-state index is -4.53. The SMILES string of the molecule is Cc1ccc(S(=O)(=O)N2C[C@@H]3CCCN3c3ccc(C(F)(F)F)cc32)cc1. The Labute approximate surface area is 156 Å². The zero-order valence-corrected chi connectivity index (χ0v) is 15.5. The van der Waals surface area contributed by atoms with Crippen molar-refractivity contribution in [3.63, 3.8) is 0 Å². The highest BCUT2D eigenvalue weighted by atomic mass is 32.2. The van der Waals surface area contributed by atoms with Crippen molar-refractivity contribution in [2.24, 2.45) is 0 Å². The molecule has 144 valence electrons. The number of halogens is 3. The van der Waals surface area contributed by atoms with Crippen molar-refractivity contribution in [3.8, 4) is 0 Å². The van der Waals surface area contributed by atoms with E-state index in [4.69, 9.17) is 0 Å². The number of rotatable bonds is 2. The van der Waals surface area contributed by atoms with Crippen LogP contribution in [0.4, 0.5) is 24.5 Å². The summed E-state index contributed by atoms with van der Waals surface area (Å²) in [7, 11) is -3.95. The Kier molecular flexibility index (Phi) is 4.14. The maximum atomic E-state index is 13.2. The molecule has 0 bridgehead atoms. The Balaban J connectivity index is 1.86. The van der Waals surface area contributed by atoms with Crippen molar-refractivity contribution in [2.75, 3.05) is 22.3 Å². The Bertz CT molecular complexity index is 971. The van der Waals surface area contributed by atoms with Crippen LogP contribution in [0.1, 0.15) is 24.0 Å². The van der Waals surface area contributed by atoms with E-state index in [0.29, 0.717) is 5.69 Å². The molecule has 1 fully saturated rings. The van der Waals surface area contributed by atoms with E-state index in [0.717, 1.165) is 41.4 Å². The fourth-order valence-corrected chi connectivity index (χ4v) is 5.35. The van der Waals surface area contributed by atoms with E-state index in [-0.39, 0.29) is 23.2 Å². The van der Waals surface area contributed by atoms with Gasteiger partial charge in [-0.15, -0.1) is 0 Å². The Hall–Kier alpha value is -2.22. The summed E-state index contributed by atoms with van der Waals surface area (Å²) in [4.78, 5) is 2.11. The molecule has 2 aromatic rings. The van der Waals surface area contributed by atoms with Gasteiger partial charge in [-0.25, -0.2) is 8.42 Å². The third-order valence-electron chi connectivity index (χ3n) is 5.24. The summed E-state index contributed by atoms with van der Waals surface area (Å²) in [5.41, 5.74) is 0.716. The van der Waals surface area contributed by atoms with Crippen LogP contribution in [-0.4, -0.2) is 27.5 Å². The monoisotopic (exact) mass is 396 g/mol. The summed E-state index contributed by atoms with van der Waals surface area (Å²) in [6, 6.07) is 9.73. The van der Waals surface area contributed by atoms with E-state index in [1.165, 1.54) is 18.2 Å². The zero-order valence-electron chi connectivity index (χ0n) is 14.7. The molecule has 8 heteroatoms. The lowest BCUT2D eigenvalue weighted by Crippen LogP contribution is -2.48. The predicted molar refractivity (Wildman–Crippen MR) is 97.5 cm³/mol. The molecule has 2 aliphatic heterocycles. The van der Waals surface area contributed by atoms with Crippen LogP contribution in [0.25, 0.3) is 0 Å². The first-order valence-electron chi connectivity index (χ1n) is 8.75. The van der Waals surface area contributed by atoms with Gasteiger partial charge in [0.15, 0.2) is 0 Å². The number of benzene rings is 2. The first-order chi connectivity index (χ1) is 12.7. The van der Waals surface area contributed by atoms with Crippen molar-refractivity contribution in [1.29, 1.82) is 0 Å². The van der Waals surface area contributed by atoms with E-state index in [1.54, 1.807) is 12.1 Å². The smallest absolute Gasteiger partial charge is 0.365 e. The number of fused-ring (bicyclic) bond motifs is 3. The first kappa shape index (κ1) is 18.2. The highest BCUT2D eigenvalue weighted by Gasteiger charge is 2.41. The number of nitrogens with zero attached hydrogens (tertiary/aromatic N) is 2. The molecule has 2 aromatic carbocycles. The van der Waals surface area contributed by atoms with E-state index in [1.807, 2.05) is 11.8 Å². The van der Waals surface area contributed by atoms with Gasteiger partial charge in [0.1, 0.15) is 0 Å². The van der Waals surface area contributed by atoms with E-state index in [9.17, 15) is 21.6 Å². The lowest BCUT2D eigenvalue weighted by Gasteiger charge is -2.40. The topological polar surface area (TPSA) is 40.6 Å². The number of sulfonamides is 1. The van der Waals surface area contributed by atoms with Crippen LogP contribution in [0.5, 0.6) is 0 Å². The normalized spacial score (nSPS) is 19.8. The maximum absolute atomic E-state index is 13.2. The molecule has 1 atom stereocenters. The number of anilines is 2. The van der Waals surface area contributed by atoms with Gasteiger partial charge in [-0.05, 0) is 50.1 Å². The summed E-state index contributed by atoms with van der Waals surface area (Å²) in [5.74, 6) is 0. The summed E-state index contributed by atoms with van der Waals surface area (Å²) >= 11 is 0. The van der Waals surface area contributed by atoms with Crippen LogP contribution in [0, 0.1) is 6.92 Å². The molecule has 0 aliphatic carbocycles. The van der Waals surface area contributed by atoms with Gasteiger partial charge in [-0.2, -0.15) is 13.2 Å². The lowest BCUT2D eigenvalue weighted by molar-refractivity contribution is -0.137. The van der Waals surface area contributed by atoms with Crippen LogP contribution in [0.15, 0.2) is 47.4 Å². The Morgan fingerprint density at radius 1 is 1.04 bits per heavy atom. The first-order valence-corrected chi connectivity index (χ1v) is 10.2. The fraction of sp³-hybridized carbons (Fsp3) is 0.368. The number of alkyl halides is 3. The minimum absolute atomic E-state index is 0.0190. The summed E-state index contributed by atoms with van der Waals surface area (Å²) in [6.45, 7) is 2.73. The van der Waals surface area contributed by atoms with Crippen molar-refractivity contribution in [2.45, 2.75) is 36.9 Å². The zero-order chi connectivity index (χ0) is 19.4. The molecular formula is C19H19F3N2O2S. The largest absolute Gasteiger partial charge is 0.416 e. The minimum Gasteiger partial charge on any atom is -0.365 e. The molecule has 4 rings (SSSR count). The average Bonchev–Trinajstić information content (AvgIpc) is 3.09. The number of hydrogen-bond donors (Lipinski definition) is 0. The Morgan fingerprint density at radius 3 is 2.41 bits per heavy atom. The van der Waals surface area contributed by atoms with E-state index >= 15 is 0 Å². The second-order valence-electron chi connectivity index (χ2n) is 7.04. The number of hydrogen-bond acceptors (Lipinski definition) is 3. The second kappa shape index (κ2) is 6.15. The molecule has 2 heterocycles. The van der Waals surface area contributed by atoms with Gasteiger partial charge >= 0.3 is 6.18 Å². The van der Waals surface area contributed by atoms with Gasteiger partial charge in [0.25, 0.3) is 10.0 Å². The van der Waals surface area contributed by atoms with Gasteiger partial charge in [-0.1, -0.05) is 17.7 Å². The molecule has 0 radical (unpaired) electrons. The highest BCUT2D eigenvalue weighted by Crippen LogP contribution is 2.44. The van der Waals surface area contributed by atoms with Crippen molar-refractivity contribution in [1.82, 2.24) is 0 Å². The standard InChI is InChI=1S/C19H19F3N2O2S/c1-13-4-7-16(8-5-13)27(25,26)24-12-15-3-2-10-23(15)17-9-6-14(11-18(17)24)19(20,21)22/h4-9,11,15H,2-3,10,12H2,1H3/t15-/m0/s1. The molecule has 2 aliphatic rings. The van der Waals surface area contributed by atoms with Crippen LogP contribution in [0.3, 0.4) is 0 Å². The van der Waals surface area contributed by atoms with E-state index < -0.39 is 21.8 Å². The van der Waals surface area contributed by atoms with Crippen LogP contribution >= 0.6 is 0 Å². The summed E-state index contributed by atoms with van der Waals surface area (Å²) in [6.07, 6.45) is -2.82. The van der Waals surface area contributed by atoms with Gasteiger partial charge in [0.2, 0.25) is 0 Å². The second-order valence-corrected chi connectivity index (χ2v) is 8.90. The quantitative estimate of drug-likeness (QED) is 0.764. The van der Waals surface area contributed by atoms with E-state index in [2.05, 4.69) is 0 Å². The highest BCUT2D eigenvalue weighted by molar-refractivity contribution is 7.92. The molecule has 0 amide bonds. The van der Waals surface area contributed by atoms with Gasteiger partial charge in [0.05, 0.1) is 28.4 Å². The van der Waals surface area contributed by atoms with Crippen molar-refractivity contribution in [3.05, 3.63) is 53.6 Å².